The maximum atomic E-state index is 12.3. The van der Waals surface area contributed by atoms with E-state index in [1.165, 1.54) is 0 Å². The Labute approximate surface area is 129 Å². The fraction of sp³-hybridized carbons (Fsp3) is 0.375. The van der Waals surface area contributed by atoms with Crippen LogP contribution in [0.4, 0.5) is 5.69 Å². The van der Waals surface area contributed by atoms with E-state index in [0.29, 0.717) is 5.92 Å². The molecular weight excluding hydrogens is 280 g/mol. The summed E-state index contributed by atoms with van der Waals surface area (Å²) in [5, 5.41) is 13.3. The molecule has 2 aromatic rings. The number of amides is 1. The number of rotatable bonds is 5. The molecule has 2 heterocycles. The average Bonchev–Trinajstić information content (AvgIpc) is 3.18. The monoisotopic (exact) mass is 300 g/mol. The van der Waals surface area contributed by atoms with E-state index in [1.807, 2.05) is 24.3 Å². The number of nitrogens with zero attached hydrogens (tertiary/aromatic N) is 1. The third kappa shape index (κ3) is 3.12. The molecule has 6 heteroatoms. The number of aromatic amines is 1. The third-order valence-corrected chi connectivity index (χ3v) is 3.96. The molecule has 1 amide bonds. The second-order valence-corrected chi connectivity index (χ2v) is 5.42. The number of methoxy groups -OCH3 is 1. The van der Waals surface area contributed by atoms with Crippen LogP contribution in [0.2, 0.25) is 0 Å². The van der Waals surface area contributed by atoms with E-state index in [2.05, 4.69) is 20.8 Å². The van der Waals surface area contributed by atoms with Crippen LogP contribution in [0.15, 0.2) is 30.5 Å². The van der Waals surface area contributed by atoms with E-state index in [-0.39, 0.29) is 12.3 Å². The van der Waals surface area contributed by atoms with Gasteiger partial charge in [0.15, 0.2) is 0 Å². The lowest BCUT2D eigenvalue weighted by Gasteiger charge is -2.11. The van der Waals surface area contributed by atoms with Crippen molar-refractivity contribution in [3.8, 4) is 5.75 Å². The van der Waals surface area contributed by atoms with Gasteiger partial charge in [0.1, 0.15) is 5.75 Å². The summed E-state index contributed by atoms with van der Waals surface area (Å²) in [7, 11) is 1.61. The smallest absolute Gasteiger partial charge is 0.229 e. The van der Waals surface area contributed by atoms with Crippen molar-refractivity contribution in [2.24, 2.45) is 0 Å². The number of H-pyrrole nitrogens is 1. The third-order valence-electron chi connectivity index (χ3n) is 3.96. The van der Waals surface area contributed by atoms with Gasteiger partial charge in [-0.2, -0.15) is 5.10 Å². The molecule has 22 heavy (non-hydrogen) atoms. The molecule has 1 aliphatic rings. The zero-order valence-corrected chi connectivity index (χ0v) is 12.6. The van der Waals surface area contributed by atoms with E-state index in [0.717, 1.165) is 42.2 Å². The molecule has 0 aliphatic carbocycles. The second kappa shape index (κ2) is 6.62. The highest BCUT2D eigenvalue weighted by molar-refractivity contribution is 5.93. The van der Waals surface area contributed by atoms with Crippen LogP contribution in [-0.2, 0) is 11.2 Å². The number of carbonyl (C=O) groups is 1. The van der Waals surface area contributed by atoms with Gasteiger partial charge in [0.2, 0.25) is 5.91 Å². The van der Waals surface area contributed by atoms with E-state index in [1.54, 1.807) is 13.3 Å². The second-order valence-electron chi connectivity index (χ2n) is 5.42. The highest BCUT2D eigenvalue weighted by Gasteiger charge is 2.22. The number of anilines is 1. The first kappa shape index (κ1) is 14.6. The summed E-state index contributed by atoms with van der Waals surface area (Å²) >= 11 is 0. The molecule has 1 saturated heterocycles. The standard InChI is InChI=1S/C16H20N4O2/c1-22-14-5-3-2-4-11(14)8-15(21)19-13-10-18-20-16(13)12-6-7-17-9-12/h2-5,10,12,17H,6-9H2,1H3,(H,18,20)(H,19,21). The van der Waals surface area contributed by atoms with Crippen LogP contribution in [0.3, 0.4) is 0 Å². The summed E-state index contributed by atoms with van der Waals surface area (Å²) in [4.78, 5) is 12.3. The van der Waals surface area contributed by atoms with E-state index < -0.39 is 0 Å². The lowest BCUT2D eigenvalue weighted by atomic mass is 10.0. The van der Waals surface area contributed by atoms with Gasteiger partial charge in [-0.05, 0) is 19.0 Å². The van der Waals surface area contributed by atoms with Crippen molar-refractivity contribution in [1.29, 1.82) is 0 Å². The first-order valence-corrected chi connectivity index (χ1v) is 7.43. The molecule has 3 rings (SSSR count). The highest BCUT2D eigenvalue weighted by atomic mass is 16.5. The van der Waals surface area contributed by atoms with Crippen molar-refractivity contribution in [2.75, 3.05) is 25.5 Å². The Hall–Kier alpha value is -2.34. The topological polar surface area (TPSA) is 79.0 Å². The van der Waals surface area contributed by atoms with Gasteiger partial charge in [0.05, 0.1) is 31.1 Å². The summed E-state index contributed by atoms with van der Waals surface area (Å²) in [5.74, 6) is 1.03. The van der Waals surface area contributed by atoms with Crippen LogP contribution in [0.5, 0.6) is 5.75 Å². The van der Waals surface area contributed by atoms with Gasteiger partial charge >= 0.3 is 0 Å². The number of hydrogen-bond acceptors (Lipinski definition) is 4. The summed E-state index contributed by atoms with van der Waals surface area (Å²) < 4.78 is 5.28. The minimum Gasteiger partial charge on any atom is -0.496 e. The Morgan fingerprint density at radius 2 is 2.32 bits per heavy atom. The fourth-order valence-corrected chi connectivity index (χ4v) is 2.82. The number of para-hydroxylation sites is 1. The van der Waals surface area contributed by atoms with Gasteiger partial charge in [0.25, 0.3) is 0 Å². The number of nitrogens with one attached hydrogen (secondary N) is 3. The van der Waals surface area contributed by atoms with Gasteiger partial charge in [0, 0.05) is 18.0 Å². The van der Waals surface area contributed by atoms with E-state index >= 15 is 0 Å². The normalized spacial score (nSPS) is 17.4. The number of hydrogen-bond donors (Lipinski definition) is 3. The van der Waals surface area contributed by atoms with Crippen LogP contribution in [0.25, 0.3) is 0 Å². The van der Waals surface area contributed by atoms with Crippen LogP contribution in [-0.4, -0.2) is 36.3 Å². The molecule has 6 nitrogen and oxygen atoms in total. The lowest BCUT2D eigenvalue weighted by Crippen LogP contribution is -2.17. The molecular formula is C16H20N4O2. The number of benzene rings is 1. The number of aromatic nitrogens is 2. The summed E-state index contributed by atoms with van der Waals surface area (Å²) in [6, 6.07) is 7.55. The summed E-state index contributed by atoms with van der Waals surface area (Å²) in [6.07, 6.45) is 3.00. The number of carbonyl (C=O) groups excluding carboxylic acids is 1. The molecule has 0 saturated carbocycles. The van der Waals surface area contributed by atoms with Crippen LogP contribution < -0.4 is 15.4 Å². The molecule has 1 atom stereocenters. The Bertz CT molecular complexity index is 647. The average molecular weight is 300 g/mol. The molecule has 0 spiro atoms. The Morgan fingerprint density at radius 3 is 3.09 bits per heavy atom. The molecule has 1 fully saturated rings. The molecule has 116 valence electrons. The van der Waals surface area contributed by atoms with Gasteiger partial charge < -0.3 is 15.4 Å². The van der Waals surface area contributed by atoms with Crippen LogP contribution >= 0.6 is 0 Å². The quantitative estimate of drug-likeness (QED) is 0.785. The van der Waals surface area contributed by atoms with Crippen molar-refractivity contribution >= 4 is 11.6 Å². The largest absolute Gasteiger partial charge is 0.496 e. The Balaban J connectivity index is 1.68. The predicted octanol–water partition coefficient (Wildman–Crippen LogP) is 1.68. The Morgan fingerprint density at radius 1 is 1.45 bits per heavy atom. The summed E-state index contributed by atoms with van der Waals surface area (Å²) in [5.41, 5.74) is 2.64. The minimum atomic E-state index is -0.0712. The minimum absolute atomic E-state index is 0.0712. The Kier molecular flexibility index (Phi) is 4.39. The number of ether oxygens (including phenoxy) is 1. The molecule has 0 bridgehead atoms. The molecule has 1 aromatic heterocycles. The fourth-order valence-electron chi connectivity index (χ4n) is 2.82. The van der Waals surface area contributed by atoms with Gasteiger partial charge in [-0.25, -0.2) is 0 Å². The molecule has 1 aromatic carbocycles. The predicted molar refractivity (Wildman–Crippen MR) is 84.1 cm³/mol. The van der Waals surface area contributed by atoms with Crippen molar-refractivity contribution in [3.63, 3.8) is 0 Å². The van der Waals surface area contributed by atoms with Gasteiger partial charge in [-0.15, -0.1) is 0 Å². The molecule has 0 radical (unpaired) electrons. The molecule has 1 unspecified atom stereocenters. The maximum absolute atomic E-state index is 12.3. The van der Waals surface area contributed by atoms with Crippen molar-refractivity contribution in [3.05, 3.63) is 41.7 Å². The van der Waals surface area contributed by atoms with E-state index in [9.17, 15) is 4.79 Å². The molecule has 3 N–H and O–H groups in total. The van der Waals surface area contributed by atoms with Gasteiger partial charge in [-0.3, -0.25) is 9.89 Å². The van der Waals surface area contributed by atoms with Crippen molar-refractivity contribution in [1.82, 2.24) is 15.5 Å². The van der Waals surface area contributed by atoms with Crippen molar-refractivity contribution in [2.45, 2.75) is 18.8 Å². The van der Waals surface area contributed by atoms with Crippen molar-refractivity contribution < 1.29 is 9.53 Å². The van der Waals surface area contributed by atoms with Gasteiger partial charge in [-0.1, -0.05) is 18.2 Å². The van der Waals surface area contributed by atoms with E-state index in [4.69, 9.17) is 4.74 Å². The first-order chi connectivity index (χ1) is 10.8. The van der Waals surface area contributed by atoms with Crippen LogP contribution in [0.1, 0.15) is 23.6 Å². The lowest BCUT2D eigenvalue weighted by molar-refractivity contribution is -0.115. The molecule has 1 aliphatic heterocycles. The first-order valence-electron chi connectivity index (χ1n) is 7.43. The highest BCUT2D eigenvalue weighted by Crippen LogP contribution is 2.27. The SMILES string of the molecule is COc1ccccc1CC(=O)Nc1cn[nH]c1C1CCNC1. The maximum Gasteiger partial charge on any atom is 0.229 e. The van der Waals surface area contributed by atoms with Crippen LogP contribution in [0, 0.1) is 0 Å². The zero-order valence-electron chi connectivity index (χ0n) is 12.6. The summed E-state index contributed by atoms with van der Waals surface area (Å²) in [6.45, 7) is 1.91. The zero-order chi connectivity index (χ0) is 15.4.